The number of fused-ring (bicyclic) bond motifs is 2. The number of aromatic nitrogens is 1. The second-order valence-electron chi connectivity index (χ2n) is 9.02. The van der Waals surface area contributed by atoms with E-state index in [1.807, 2.05) is 17.5 Å². The van der Waals surface area contributed by atoms with Crippen LogP contribution in [0.5, 0.6) is 0 Å². The Morgan fingerprint density at radius 2 is 1.75 bits per heavy atom. The van der Waals surface area contributed by atoms with Gasteiger partial charge in [0, 0.05) is 38.5 Å². The third-order valence-corrected chi connectivity index (χ3v) is 10.5. The van der Waals surface area contributed by atoms with Gasteiger partial charge in [-0.2, -0.15) is 0 Å². The summed E-state index contributed by atoms with van der Waals surface area (Å²) in [6.45, 7) is -0.275. The molecule has 2 aliphatic rings. The Labute approximate surface area is 243 Å². The molecule has 1 N–H and O–H groups in total. The lowest BCUT2D eigenvalue weighted by molar-refractivity contribution is -0.384. The Morgan fingerprint density at radius 3 is 2.40 bits per heavy atom. The highest BCUT2D eigenvalue weighted by Gasteiger charge is 2.57. The summed E-state index contributed by atoms with van der Waals surface area (Å²) in [6, 6.07) is 15.5. The van der Waals surface area contributed by atoms with E-state index in [-0.39, 0.29) is 22.8 Å². The van der Waals surface area contributed by atoms with Crippen molar-refractivity contribution in [2.24, 2.45) is 5.92 Å². The zero-order chi connectivity index (χ0) is 28.1. The lowest BCUT2D eigenvalue weighted by Crippen LogP contribution is -2.32. The third-order valence-electron chi connectivity index (χ3n) is 6.65. The fourth-order valence-electron chi connectivity index (χ4n) is 4.89. The highest BCUT2D eigenvalue weighted by Crippen LogP contribution is 2.54. The molecule has 14 heteroatoms. The molecule has 2 unspecified atom stereocenters. The summed E-state index contributed by atoms with van der Waals surface area (Å²) in [5, 5.41) is 15.8. The van der Waals surface area contributed by atoms with Gasteiger partial charge in [-0.3, -0.25) is 33.9 Å². The molecule has 202 valence electrons. The van der Waals surface area contributed by atoms with Crippen LogP contribution in [0, 0.1) is 16.0 Å². The number of imide groups is 1. The van der Waals surface area contributed by atoms with E-state index in [1.54, 1.807) is 24.3 Å². The molecule has 0 bridgehead atoms. The van der Waals surface area contributed by atoms with Gasteiger partial charge in [0.1, 0.15) is 11.8 Å². The number of carbonyl (C=O) groups excluding carboxylic acids is 3. The van der Waals surface area contributed by atoms with Crippen molar-refractivity contribution in [2.75, 3.05) is 10.2 Å². The molecule has 0 aliphatic carbocycles. The molecular weight excluding hydrogens is 596 g/mol. The zero-order valence-corrected chi connectivity index (χ0v) is 23.4. The Bertz CT molecular complexity index is 1720. The van der Waals surface area contributed by atoms with Gasteiger partial charge in [-0.05, 0) is 47.8 Å². The number of thioether (sulfide) groups is 1. The molecule has 1 saturated heterocycles. The SMILES string of the molecule is O=C(Cn1c2c(sc1=O)[C@H](c1cccs1)C1C(=O)N(c3ccc([N+](=O)[O-])cc3)C(=O)C1S2)Nc1ccc(Cl)cc1. The van der Waals surface area contributed by atoms with Gasteiger partial charge in [0.25, 0.3) is 5.69 Å². The lowest BCUT2D eigenvalue weighted by Gasteiger charge is -2.29. The van der Waals surface area contributed by atoms with Gasteiger partial charge >= 0.3 is 4.87 Å². The molecule has 0 saturated carbocycles. The van der Waals surface area contributed by atoms with E-state index in [2.05, 4.69) is 5.32 Å². The van der Waals surface area contributed by atoms with E-state index in [0.717, 1.165) is 32.9 Å². The van der Waals surface area contributed by atoms with E-state index < -0.39 is 39.7 Å². The molecule has 4 aromatic rings. The van der Waals surface area contributed by atoms with Crippen molar-refractivity contribution in [3.63, 3.8) is 0 Å². The molecule has 10 nitrogen and oxygen atoms in total. The number of nitro benzene ring substituents is 1. The van der Waals surface area contributed by atoms with Crippen molar-refractivity contribution in [3.05, 3.63) is 101 Å². The average molecular weight is 613 g/mol. The zero-order valence-electron chi connectivity index (χ0n) is 20.2. The van der Waals surface area contributed by atoms with Crippen LogP contribution >= 0.6 is 46.0 Å². The number of nitrogens with one attached hydrogen (secondary N) is 1. The summed E-state index contributed by atoms with van der Waals surface area (Å²) in [6.07, 6.45) is 0. The number of nitro groups is 1. The van der Waals surface area contributed by atoms with Gasteiger partial charge in [0.2, 0.25) is 17.7 Å². The Kier molecular flexibility index (Phi) is 6.82. The van der Waals surface area contributed by atoms with Crippen molar-refractivity contribution >= 4 is 80.8 Å². The molecule has 6 rings (SSSR count). The minimum absolute atomic E-state index is 0.158. The van der Waals surface area contributed by atoms with Gasteiger partial charge in [-0.1, -0.05) is 40.8 Å². The van der Waals surface area contributed by atoms with E-state index >= 15 is 0 Å². The van der Waals surface area contributed by atoms with Crippen LogP contribution < -0.4 is 15.1 Å². The van der Waals surface area contributed by atoms with Gasteiger partial charge < -0.3 is 5.32 Å². The largest absolute Gasteiger partial charge is 0.325 e. The van der Waals surface area contributed by atoms with Crippen molar-refractivity contribution in [1.82, 2.24) is 4.57 Å². The van der Waals surface area contributed by atoms with Gasteiger partial charge in [-0.25, -0.2) is 4.90 Å². The first-order valence-corrected chi connectivity index (χ1v) is 14.8. The number of benzene rings is 2. The number of nitrogens with zero attached hydrogens (tertiary/aromatic N) is 3. The average Bonchev–Trinajstić information content (AvgIpc) is 3.63. The van der Waals surface area contributed by atoms with Crippen molar-refractivity contribution in [1.29, 1.82) is 0 Å². The quantitative estimate of drug-likeness (QED) is 0.185. The number of thiophene rings is 1. The summed E-state index contributed by atoms with van der Waals surface area (Å²) in [7, 11) is 0. The van der Waals surface area contributed by atoms with Crippen LogP contribution in [0.3, 0.4) is 0 Å². The smallest absolute Gasteiger partial charge is 0.308 e. The first-order chi connectivity index (χ1) is 19.2. The van der Waals surface area contributed by atoms with E-state index in [9.17, 15) is 29.3 Å². The molecule has 4 heterocycles. The van der Waals surface area contributed by atoms with Crippen LogP contribution in [0.25, 0.3) is 0 Å². The molecule has 0 spiro atoms. The van der Waals surface area contributed by atoms with E-state index in [0.29, 0.717) is 20.6 Å². The van der Waals surface area contributed by atoms with Crippen LogP contribution in [0.15, 0.2) is 75.9 Å². The monoisotopic (exact) mass is 612 g/mol. The van der Waals surface area contributed by atoms with Crippen LogP contribution in [0.4, 0.5) is 17.1 Å². The molecular formula is C26H17ClN4O6S3. The van der Waals surface area contributed by atoms with Crippen molar-refractivity contribution < 1.29 is 19.3 Å². The fourth-order valence-corrected chi connectivity index (χ4v) is 8.73. The van der Waals surface area contributed by atoms with E-state index in [1.165, 1.54) is 40.2 Å². The number of rotatable bonds is 6. The predicted molar refractivity (Wildman–Crippen MR) is 154 cm³/mol. The summed E-state index contributed by atoms with van der Waals surface area (Å²) in [5.41, 5.74) is 0.601. The highest BCUT2D eigenvalue weighted by atomic mass is 35.5. The third kappa shape index (κ3) is 4.54. The van der Waals surface area contributed by atoms with Crippen LogP contribution in [0.1, 0.15) is 15.7 Å². The van der Waals surface area contributed by atoms with E-state index in [4.69, 9.17) is 11.6 Å². The standard InChI is InChI=1S/C26H17ClN4O6S3/c27-13-3-5-14(6-4-13)28-18(32)12-29-25-22(40-26(29)35)19(17-2-1-11-38-17)20-21(39-25)24(34)30(23(20)33)15-7-9-16(10-8-15)31(36)37/h1-11,19-21H,12H2,(H,28,32)/t19-,20?,21?/m1/s1. The number of carbonyl (C=O) groups is 3. The summed E-state index contributed by atoms with van der Waals surface area (Å²) in [4.78, 5) is 66.2. The second-order valence-corrected chi connectivity index (χ2v) is 12.6. The first-order valence-electron chi connectivity index (χ1n) is 11.8. The normalized spacial score (nSPS) is 19.8. The molecule has 3 atom stereocenters. The molecule has 1 fully saturated rings. The van der Waals surface area contributed by atoms with Gasteiger partial charge in [0.15, 0.2) is 0 Å². The van der Waals surface area contributed by atoms with Crippen molar-refractivity contribution in [3.8, 4) is 0 Å². The van der Waals surface area contributed by atoms with Gasteiger partial charge in [-0.15, -0.1) is 11.3 Å². The maximum absolute atomic E-state index is 13.8. The van der Waals surface area contributed by atoms with Crippen LogP contribution in [0.2, 0.25) is 5.02 Å². The minimum atomic E-state index is -0.845. The fraction of sp³-hybridized carbons (Fsp3) is 0.154. The summed E-state index contributed by atoms with van der Waals surface area (Å²) < 4.78 is 1.35. The van der Waals surface area contributed by atoms with Crippen LogP contribution in [-0.2, 0) is 20.9 Å². The molecule has 3 amide bonds. The number of halogens is 1. The maximum atomic E-state index is 13.8. The van der Waals surface area contributed by atoms with Gasteiger partial charge in [0.05, 0.1) is 21.6 Å². The highest BCUT2D eigenvalue weighted by molar-refractivity contribution is 8.00. The Hall–Kier alpha value is -3.78. The topological polar surface area (TPSA) is 132 Å². The lowest BCUT2D eigenvalue weighted by atomic mass is 9.87. The molecule has 2 aromatic heterocycles. The number of anilines is 2. The number of non-ortho nitro benzene ring substituents is 1. The number of amides is 3. The number of thiazole rings is 1. The Morgan fingerprint density at radius 1 is 1.02 bits per heavy atom. The predicted octanol–water partition coefficient (Wildman–Crippen LogP) is 4.97. The molecule has 2 aliphatic heterocycles. The van der Waals surface area contributed by atoms with Crippen LogP contribution in [-0.4, -0.2) is 32.5 Å². The Balaban J connectivity index is 1.36. The molecule has 2 aromatic carbocycles. The first kappa shape index (κ1) is 26.4. The number of hydrogen-bond acceptors (Lipinski definition) is 9. The van der Waals surface area contributed by atoms with Crippen molar-refractivity contribution in [2.45, 2.75) is 22.7 Å². The minimum Gasteiger partial charge on any atom is -0.325 e. The molecule has 0 radical (unpaired) electrons. The summed E-state index contributed by atoms with van der Waals surface area (Å²) in [5.74, 6) is -2.68. The summed E-state index contributed by atoms with van der Waals surface area (Å²) >= 11 is 9.40. The number of hydrogen-bond donors (Lipinski definition) is 1. The second kappa shape index (κ2) is 10.3. The maximum Gasteiger partial charge on any atom is 0.308 e. The molecule has 40 heavy (non-hydrogen) atoms.